The zero-order chi connectivity index (χ0) is 26.0. The van der Waals surface area contributed by atoms with Crippen LogP contribution in [-0.4, -0.2) is 68.6 Å². The van der Waals surface area contributed by atoms with E-state index in [2.05, 4.69) is 15.0 Å². The molecule has 0 fully saturated rings. The standard InChI is InChI=1S/C25H27FN6O4/c1-31(2)13-32-18-7-6-16(26)11-17(18)21(24(32)33)29-25-28-12-15(23(27)30-25)8-14-9-19(34-3)22(36-5)20(10-14)35-4/h6-7,9-12H,8,13H2,1-5H3,(H2,27,28,30)/b29-21-. The summed E-state index contributed by atoms with van der Waals surface area (Å²) in [5, 5.41) is 0. The molecule has 1 aliphatic heterocycles. The average Bonchev–Trinajstić information content (AvgIpc) is 3.09. The molecule has 0 unspecified atom stereocenters. The molecule has 0 saturated heterocycles. The molecule has 36 heavy (non-hydrogen) atoms. The topological polar surface area (TPSA) is 115 Å². The molecule has 4 rings (SSSR count). The summed E-state index contributed by atoms with van der Waals surface area (Å²) in [7, 11) is 8.29. The number of hydrogen-bond acceptors (Lipinski definition) is 9. The van der Waals surface area contributed by atoms with Gasteiger partial charge in [0.25, 0.3) is 11.9 Å². The van der Waals surface area contributed by atoms with Crippen LogP contribution in [0.25, 0.3) is 0 Å². The first kappa shape index (κ1) is 24.9. The lowest BCUT2D eigenvalue weighted by Crippen LogP contribution is -2.37. The molecule has 0 atom stereocenters. The SMILES string of the molecule is COc1cc(Cc2cnc(/N=C3\C(=O)N(CN(C)C)c4ccc(F)cc43)nc2N)cc(OC)c1OC. The zero-order valence-corrected chi connectivity index (χ0v) is 20.7. The molecular formula is C25H27FN6O4. The summed E-state index contributed by atoms with van der Waals surface area (Å²) in [5.74, 6) is 0.889. The maximum absolute atomic E-state index is 14.0. The third kappa shape index (κ3) is 4.78. The van der Waals surface area contributed by atoms with Gasteiger partial charge >= 0.3 is 0 Å². The number of amides is 1. The molecule has 0 saturated carbocycles. The lowest BCUT2D eigenvalue weighted by atomic mass is 10.1. The van der Waals surface area contributed by atoms with Crippen molar-refractivity contribution in [3.05, 3.63) is 59.0 Å². The van der Waals surface area contributed by atoms with Gasteiger partial charge in [0.2, 0.25) is 5.75 Å². The van der Waals surface area contributed by atoms with Gasteiger partial charge in [0.15, 0.2) is 11.5 Å². The van der Waals surface area contributed by atoms with E-state index in [1.165, 1.54) is 24.1 Å². The quantitative estimate of drug-likeness (QED) is 0.508. The number of nitrogen functional groups attached to an aromatic ring is 1. The second-order valence-electron chi connectivity index (χ2n) is 8.37. The number of carbonyl (C=O) groups excluding carboxylic acids is 1. The molecule has 1 amide bonds. The number of ether oxygens (including phenoxy) is 3. The second kappa shape index (κ2) is 10.2. The van der Waals surface area contributed by atoms with Crippen LogP contribution in [0, 0.1) is 5.82 Å². The van der Waals surface area contributed by atoms with Gasteiger partial charge < -0.3 is 19.9 Å². The van der Waals surface area contributed by atoms with Gasteiger partial charge in [-0.2, -0.15) is 4.98 Å². The number of benzene rings is 2. The predicted molar refractivity (Wildman–Crippen MR) is 134 cm³/mol. The number of methoxy groups -OCH3 is 3. The van der Waals surface area contributed by atoms with Crippen LogP contribution in [0.5, 0.6) is 17.2 Å². The van der Waals surface area contributed by atoms with Crippen LogP contribution in [0.1, 0.15) is 16.7 Å². The van der Waals surface area contributed by atoms with E-state index in [1.54, 1.807) is 26.5 Å². The van der Waals surface area contributed by atoms with Crippen molar-refractivity contribution in [1.29, 1.82) is 0 Å². The Morgan fingerprint density at radius 3 is 2.36 bits per heavy atom. The summed E-state index contributed by atoms with van der Waals surface area (Å²) >= 11 is 0. The Kier molecular flexibility index (Phi) is 7.02. The van der Waals surface area contributed by atoms with E-state index in [4.69, 9.17) is 19.9 Å². The van der Waals surface area contributed by atoms with E-state index < -0.39 is 5.82 Å². The molecule has 0 spiro atoms. The first-order chi connectivity index (χ1) is 17.2. The summed E-state index contributed by atoms with van der Waals surface area (Å²) in [6.07, 6.45) is 1.94. The number of hydrogen-bond donors (Lipinski definition) is 1. The fraction of sp³-hybridized carbons (Fsp3) is 0.280. The molecule has 2 N–H and O–H groups in total. The number of anilines is 2. The molecule has 3 aromatic rings. The number of aliphatic imine (C=N–C) groups is 1. The van der Waals surface area contributed by atoms with Crippen molar-refractivity contribution in [2.75, 3.05) is 52.7 Å². The van der Waals surface area contributed by atoms with Crippen molar-refractivity contribution >= 4 is 29.1 Å². The zero-order valence-electron chi connectivity index (χ0n) is 20.7. The minimum atomic E-state index is -0.470. The molecule has 10 nitrogen and oxygen atoms in total. The van der Waals surface area contributed by atoms with E-state index in [1.807, 2.05) is 31.1 Å². The molecular weight excluding hydrogens is 467 g/mol. The lowest BCUT2D eigenvalue weighted by molar-refractivity contribution is -0.112. The van der Waals surface area contributed by atoms with Crippen LogP contribution in [0.2, 0.25) is 0 Å². The number of halogens is 1. The first-order valence-corrected chi connectivity index (χ1v) is 11.0. The Hall–Kier alpha value is -4.25. The summed E-state index contributed by atoms with van der Waals surface area (Å²) in [4.78, 5) is 29.4. The van der Waals surface area contributed by atoms with Crippen LogP contribution >= 0.6 is 0 Å². The van der Waals surface area contributed by atoms with E-state index in [-0.39, 0.29) is 23.4 Å². The number of carbonyl (C=O) groups is 1. The molecule has 2 aromatic carbocycles. The third-order valence-corrected chi connectivity index (χ3v) is 5.59. The number of fused-ring (bicyclic) bond motifs is 1. The summed E-state index contributed by atoms with van der Waals surface area (Å²) in [6, 6.07) is 7.78. The fourth-order valence-corrected chi connectivity index (χ4v) is 3.97. The maximum Gasteiger partial charge on any atom is 0.278 e. The van der Waals surface area contributed by atoms with Crippen LogP contribution < -0.4 is 24.8 Å². The number of nitrogens with two attached hydrogens (primary N) is 1. The Labute approximate surface area is 208 Å². The molecule has 0 aliphatic carbocycles. The van der Waals surface area contributed by atoms with Gasteiger partial charge in [-0.25, -0.2) is 14.4 Å². The minimum Gasteiger partial charge on any atom is -0.493 e. The number of nitrogens with zero attached hydrogens (tertiary/aromatic N) is 5. The highest BCUT2D eigenvalue weighted by atomic mass is 19.1. The molecule has 2 heterocycles. The van der Waals surface area contributed by atoms with Crippen molar-refractivity contribution in [3.8, 4) is 17.2 Å². The molecule has 1 aliphatic rings. The summed E-state index contributed by atoms with van der Waals surface area (Å²) < 4.78 is 30.2. The van der Waals surface area contributed by atoms with Crippen molar-refractivity contribution < 1.29 is 23.4 Å². The van der Waals surface area contributed by atoms with Crippen molar-refractivity contribution in [1.82, 2.24) is 14.9 Å². The van der Waals surface area contributed by atoms with E-state index in [9.17, 15) is 9.18 Å². The smallest absolute Gasteiger partial charge is 0.278 e. The van der Waals surface area contributed by atoms with E-state index in [0.717, 1.165) is 5.56 Å². The fourth-order valence-electron chi connectivity index (χ4n) is 3.97. The highest BCUT2D eigenvalue weighted by Gasteiger charge is 2.35. The predicted octanol–water partition coefficient (Wildman–Crippen LogP) is 2.80. The molecule has 0 bridgehead atoms. The Balaban J connectivity index is 1.66. The van der Waals surface area contributed by atoms with Crippen molar-refractivity contribution in [2.24, 2.45) is 4.99 Å². The van der Waals surface area contributed by atoms with Gasteiger partial charge in [-0.3, -0.25) is 14.6 Å². The Bertz CT molecular complexity index is 1320. The van der Waals surface area contributed by atoms with Gasteiger partial charge in [-0.1, -0.05) is 0 Å². The van der Waals surface area contributed by atoms with Crippen LogP contribution in [0.3, 0.4) is 0 Å². The van der Waals surface area contributed by atoms with Gasteiger partial charge in [0, 0.05) is 23.7 Å². The van der Waals surface area contributed by atoms with Crippen LogP contribution in [0.15, 0.2) is 41.5 Å². The number of aromatic nitrogens is 2. The van der Waals surface area contributed by atoms with Gasteiger partial charge in [-0.05, 0) is 50.0 Å². The summed E-state index contributed by atoms with van der Waals surface area (Å²) in [6.45, 7) is 0.313. The average molecular weight is 495 g/mol. The van der Waals surface area contributed by atoms with Crippen molar-refractivity contribution in [2.45, 2.75) is 6.42 Å². The van der Waals surface area contributed by atoms with E-state index >= 15 is 0 Å². The lowest BCUT2D eigenvalue weighted by Gasteiger charge is -2.21. The highest BCUT2D eigenvalue weighted by Crippen LogP contribution is 2.39. The van der Waals surface area contributed by atoms with Gasteiger partial charge in [0.05, 0.1) is 33.7 Å². The molecule has 188 valence electrons. The highest BCUT2D eigenvalue weighted by molar-refractivity contribution is 6.54. The Morgan fingerprint density at radius 1 is 1.08 bits per heavy atom. The summed E-state index contributed by atoms with van der Waals surface area (Å²) in [5.41, 5.74) is 8.71. The minimum absolute atomic E-state index is 0.00593. The maximum atomic E-state index is 14.0. The largest absolute Gasteiger partial charge is 0.493 e. The first-order valence-electron chi connectivity index (χ1n) is 11.0. The van der Waals surface area contributed by atoms with Crippen LogP contribution in [0.4, 0.5) is 21.8 Å². The Morgan fingerprint density at radius 2 is 1.78 bits per heavy atom. The second-order valence-corrected chi connectivity index (χ2v) is 8.37. The molecule has 1 aromatic heterocycles. The molecule has 0 radical (unpaired) electrons. The van der Waals surface area contributed by atoms with Gasteiger partial charge in [0.1, 0.15) is 17.3 Å². The molecule has 11 heteroatoms. The monoisotopic (exact) mass is 494 g/mol. The number of rotatable bonds is 8. The normalized spacial score (nSPS) is 13.9. The van der Waals surface area contributed by atoms with Crippen LogP contribution in [-0.2, 0) is 11.2 Å². The third-order valence-electron chi connectivity index (χ3n) is 5.59. The van der Waals surface area contributed by atoms with Crippen molar-refractivity contribution in [3.63, 3.8) is 0 Å². The van der Waals surface area contributed by atoms with Gasteiger partial charge in [-0.15, -0.1) is 0 Å². The van der Waals surface area contributed by atoms with E-state index in [0.29, 0.717) is 47.2 Å².